The summed E-state index contributed by atoms with van der Waals surface area (Å²) in [6, 6.07) is 1.74. The fraction of sp³-hybridized carbons (Fsp3) is 0.500. The van der Waals surface area contributed by atoms with Crippen molar-refractivity contribution in [3.63, 3.8) is 0 Å². The zero-order chi connectivity index (χ0) is 13.5. The van der Waals surface area contributed by atoms with Crippen molar-refractivity contribution < 1.29 is 19.1 Å². The van der Waals surface area contributed by atoms with E-state index in [9.17, 15) is 9.59 Å². The number of rotatable bonds is 6. The van der Waals surface area contributed by atoms with Crippen molar-refractivity contribution in [3.05, 3.63) is 16.5 Å². The molecule has 5 nitrogen and oxygen atoms in total. The molecule has 0 aliphatic heterocycles. The van der Waals surface area contributed by atoms with E-state index in [2.05, 4.69) is 0 Å². The molecule has 0 aliphatic carbocycles. The zero-order valence-electron chi connectivity index (χ0n) is 10.5. The zero-order valence-corrected chi connectivity index (χ0v) is 11.3. The molecule has 100 valence electrons. The highest BCUT2D eigenvalue weighted by atomic mass is 32.1. The lowest BCUT2D eigenvalue weighted by atomic mass is 10.2. The van der Waals surface area contributed by atoms with Crippen molar-refractivity contribution in [1.29, 1.82) is 0 Å². The molecule has 0 aliphatic rings. The topological polar surface area (TPSA) is 78.6 Å². The predicted molar refractivity (Wildman–Crippen MR) is 69.6 cm³/mol. The van der Waals surface area contributed by atoms with Crippen LogP contribution >= 0.6 is 11.3 Å². The predicted octanol–water partition coefficient (Wildman–Crippen LogP) is 2.00. The highest BCUT2D eigenvalue weighted by Crippen LogP contribution is 2.26. The van der Waals surface area contributed by atoms with Gasteiger partial charge in [0, 0.05) is 11.8 Å². The molecule has 0 aromatic carbocycles. The molecule has 0 unspecified atom stereocenters. The number of aryl methyl sites for hydroxylation is 1. The van der Waals surface area contributed by atoms with Gasteiger partial charge in [0.2, 0.25) is 0 Å². The van der Waals surface area contributed by atoms with E-state index >= 15 is 0 Å². The van der Waals surface area contributed by atoms with Gasteiger partial charge in [-0.1, -0.05) is 0 Å². The standard InChI is InChI=1S/C12H17NO4S/c1-3-16-12(15)10-7-9(18-11(10)13)5-4-6-17-8(2)14/h7H,3-6,13H2,1-2H3. The van der Waals surface area contributed by atoms with Gasteiger partial charge in [0.1, 0.15) is 5.00 Å². The number of nitrogens with two attached hydrogens (primary N) is 1. The SMILES string of the molecule is CCOC(=O)c1cc(CCCOC(C)=O)sc1N. The summed E-state index contributed by atoms with van der Waals surface area (Å²) < 4.78 is 9.73. The maximum atomic E-state index is 11.5. The van der Waals surface area contributed by atoms with Gasteiger partial charge in [-0.05, 0) is 25.8 Å². The molecular formula is C12H17NO4S. The molecular weight excluding hydrogens is 254 g/mol. The summed E-state index contributed by atoms with van der Waals surface area (Å²) >= 11 is 1.36. The van der Waals surface area contributed by atoms with Crippen molar-refractivity contribution in [2.24, 2.45) is 0 Å². The summed E-state index contributed by atoms with van der Waals surface area (Å²) in [6.07, 6.45) is 1.43. The van der Waals surface area contributed by atoms with Crippen LogP contribution in [0.25, 0.3) is 0 Å². The minimum absolute atomic E-state index is 0.284. The molecule has 1 aromatic rings. The summed E-state index contributed by atoms with van der Waals surface area (Å²) in [7, 11) is 0. The van der Waals surface area contributed by atoms with Crippen LogP contribution in [0.1, 0.15) is 35.5 Å². The first kappa shape index (κ1) is 14.5. The van der Waals surface area contributed by atoms with E-state index in [1.807, 2.05) is 0 Å². The molecule has 0 bridgehead atoms. The third-order valence-electron chi connectivity index (χ3n) is 2.18. The van der Waals surface area contributed by atoms with Gasteiger partial charge in [-0.25, -0.2) is 4.79 Å². The molecule has 18 heavy (non-hydrogen) atoms. The Bertz CT molecular complexity index is 428. The lowest BCUT2D eigenvalue weighted by Gasteiger charge is -1.99. The molecule has 0 fully saturated rings. The van der Waals surface area contributed by atoms with Gasteiger partial charge in [0.05, 0.1) is 18.8 Å². The summed E-state index contributed by atoms with van der Waals surface area (Å²) in [6.45, 7) is 3.83. The number of carbonyl (C=O) groups is 2. The molecule has 1 aromatic heterocycles. The van der Waals surface area contributed by atoms with E-state index in [0.717, 1.165) is 11.3 Å². The van der Waals surface area contributed by atoms with Gasteiger partial charge >= 0.3 is 11.9 Å². The molecule has 1 heterocycles. The Morgan fingerprint density at radius 2 is 2.11 bits per heavy atom. The van der Waals surface area contributed by atoms with Crippen molar-refractivity contribution >= 4 is 28.3 Å². The maximum absolute atomic E-state index is 11.5. The molecule has 6 heteroatoms. The Labute approximate surface area is 110 Å². The number of anilines is 1. The molecule has 1 rings (SSSR count). The van der Waals surface area contributed by atoms with Crippen LogP contribution in [0.2, 0.25) is 0 Å². The van der Waals surface area contributed by atoms with Crippen LogP contribution in [0.4, 0.5) is 5.00 Å². The average Bonchev–Trinajstić information content (AvgIpc) is 2.66. The molecule has 0 saturated heterocycles. The van der Waals surface area contributed by atoms with Crippen LogP contribution in [0.15, 0.2) is 6.07 Å². The first-order valence-electron chi connectivity index (χ1n) is 5.73. The second-order valence-electron chi connectivity index (χ2n) is 3.65. The van der Waals surface area contributed by atoms with Crippen LogP contribution < -0.4 is 5.73 Å². The first-order chi connectivity index (χ1) is 8.54. The average molecular weight is 271 g/mol. The van der Waals surface area contributed by atoms with Crippen molar-refractivity contribution in [2.75, 3.05) is 18.9 Å². The monoisotopic (exact) mass is 271 g/mol. The molecule has 0 spiro atoms. The lowest BCUT2D eigenvalue weighted by molar-refractivity contribution is -0.141. The Kier molecular flexibility index (Phi) is 5.64. The summed E-state index contributed by atoms with van der Waals surface area (Å²) in [4.78, 5) is 23.1. The Morgan fingerprint density at radius 3 is 2.72 bits per heavy atom. The highest BCUT2D eigenvalue weighted by Gasteiger charge is 2.14. The van der Waals surface area contributed by atoms with Gasteiger partial charge < -0.3 is 15.2 Å². The first-order valence-corrected chi connectivity index (χ1v) is 6.55. The van der Waals surface area contributed by atoms with E-state index in [0.29, 0.717) is 30.2 Å². The number of nitrogen functional groups attached to an aromatic ring is 1. The fourth-order valence-corrected chi connectivity index (χ4v) is 2.37. The van der Waals surface area contributed by atoms with Crippen molar-refractivity contribution in [2.45, 2.75) is 26.7 Å². The molecule has 2 N–H and O–H groups in total. The fourth-order valence-electron chi connectivity index (χ4n) is 1.41. The summed E-state index contributed by atoms with van der Waals surface area (Å²) in [5.41, 5.74) is 6.18. The summed E-state index contributed by atoms with van der Waals surface area (Å²) in [5, 5.41) is 0.468. The summed E-state index contributed by atoms with van der Waals surface area (Å²) in [5.74, 6) is -0.676. The van der Waals surface area contributed by atoms with Crippen molar-refractivity contribution in [3.8, 4) is 0 Å². The minimum Gasteiger partial charge on any atom is -0.466 e. The third-order valence-corrected chi connectivity index (χ3v) is 3.20. The van der Waals surface area contributed by atoms with E-state index in [1.165, 1.54) is 18.3 Å². The van der Waals surface area contributed by atoms with Crippen LogP contribution in [0.3, 0.4) is 0 Å². The Hall–Kier alpha value is -1.56. The smallest absolute Gasteiger partial charge is 0.341 e. The number of carbonyl (C=O) groups excluding carboxylic acids is 2. The molecule has 0 atom stereocenters. The number of thiophene rings is 1. The number of hydrogen-bond acceptors (Lipinski definition) is 6. The maximum Gasteiger partial charge on any atom is 0.341 e. The third kappa shape index (κ3) is 4.37. The molecule has 0 radical (unpaired) electrons. The van der Waals surface area contributed by atoms with Crippen LogP contribution in [0, 0.1) is 0 Å². The van der Waals surface area contributed by atoms with Gasteiger partial charge in [0.25, 0.3) is 0 Å². The van der Waals surface area contributed by atoms with Gasteiger partial charge in [-0.2, -0.15) is 0 Å². The largest absolute Gasteiger partial charge is 0.466 e. The normalized spacial score (nSPS) is 10.1. The molecule has 0 saturated carbocycles. The van der Waals surface area contributed by atoms with Crippen LogP contribution in [0.5, 0.6) is 0 Å². The van der Waals surface area contributed by atoms with Gasteiger partial charge in [-0.15, -0.1) is 11.3 Å². The number of ether oxygens (including phenoxy) is 2. The van der Waals surface area contributed by atoms with Gasteiger partial charge in [-0.3, -0.25) is 4.79 Å². The Morgan fingerprint density at radius 1 is 1.39 bits per heavy atom. The number of esters is 2. The van der Waals surface area contributed by atoms with E-state index < -0.39 is 5.97 Å². The Balaban J connectivity index is 2.50. The van der Waals surface area contributed by atoms with E-state index in [1.54, 1.807) is 13.0 Å². The molecule has 0 amide bonds. The quantitative estimate of drug-likeness (QED) is 0.632. The minimum atomic E-state index is -0.391. The second-order valence-corrected chi connectivity index (χ2v) is 4.82. The highest BCUT2D eigenvalue weighted by molar-refractivity contribution is 7.16. The van der Waals surface area contributed by atoms with E-state index in [4.69, 9.17) is 15.2 Å². The second kappa shape index (κ2) is 7.00. The lowest BCUT2D eigenvalue weighted by Crippen LogP contribution is -2.05. The van der Waals surface area contributed by atoms with E-state index in [-0.39, 0.29) is 5.97 Å². The van der Waals surface area contributed by atoms with Crippen molar-refractivity contribution in [1.82, 2.24) is 0 Å². The van der Waals surface area contributed by atoms with Crippen LogP contribution in [-0.2, 0) is 20.7 Å². The number of hydrogen-bond donors (Lipinski definition) is 1. The van der Waals surface area contributed by atoms with Gasteiger partial charge in [0.15, 0.2) is 0 Å². The van der Waals surface area contributed by atoms with Crippen LogP contribution in [-0.4, -0.2) is 25.2 Å².